The molecule has 1 saturated heterocycles. The average Bonchev–Trinajstić information content (AvgIpc) is 2.97. The van der Waals surface area contributed by atoms with Crippen molar-refractivity contribution in [1.29, 1.82) is 0 Å². The molecule has 1 aliphatic rings. The van der Waals surface area contributed by atoms with Crippen LogP contribution in [0.5, 0.6) is 0 Å². The second kappa shape index (κ2) is 9.15. The summed E-state index contributed by atoms with van der Waals surface area (Å²) in [4.78, 5) is 37.3. The number of amides is 2. The molecule has 24 heavy (non-hydrogen) atoms. The van der Waals surface area contributed by atoms with E-state index in [9.17, 15) is 14.4 Å². The lowest BCUT2D eigenvalue weighted by Crippen LogP contribution is -2.53. The molecule has 1 unspecified atom stereocenters. The number of nitrogens with one attached hydrogen (secondary N) is 2. The largest absolute Gasteiger partial charge is 0.467 e. The first-order valence-corrected chi connectivity index (χ1v) is 11.7. The minimum atomic E-state index is -2.22. The van der Waals surface area contributed by atoms with Crippen molar-refractivity contribution in [2.24, 2.45) is 0 Å². The molecule has 1 rings (SSSR count). The van der Waals surface area contributed by atoms with Crippen molar-refractivity contribution in [2.75, 3.05) is 26.5 Å². The van der Waals surface area contributed by atoms with Gasteiger partial charge in [0.1, 0.15) is 12.1 Å². The highest BCUT2D eigenvalue weighted by atomic mass is 32.9. The molecule has 0 aliphatic carbocycles. The van der Waals surface area contributed by atoms with Crippen LogP contribution in [0, 0.1) is 0 Å². The topological polar surface area (TPSA) is 97.0 Å². The van der Waals surface area contributed by atoms with Gasteiger partial charge in [-0.15, -0.1) is 0 Å². The van der Waals surface area contributed by atoms with Crippen LogP contribution >= 0.6 is 17.0 Å². The van der Waals surface area contributed by atoms with E-state index in [0.717, 1.165) is 5.75 Å². The third-order valence-corrected chi connectivity index (χ3v) is 9.25. The number of hydrogen-bond acceptors (Lipinski definition) is 7. The maximum absolute atomic E-state index is 12.5. The zero-order valence-corrected chi connectivity index (χ0v) is 16.9. The van der Waals surface area contributed by atoms with Gasteiger partial charge in [0, 0.05) is 12.8 Å². The number of methoxy groups -OCH3 is 1. The summed E-state index contributed by atoms with van der Waals surface area (Å²) >= 11 is 6.93. The molecule has 2 N–H and O–H groups in total. The standard InChI is InChI=1S/C13H24N3O5PS2/c1-8(15-22(23)21-6-7-24-22)12(18)16(4)10(3)11(17)14-9(2)13(19)20-5/h8-10H,6-7H2,1-5H3,(H,14,17)(H,15,23)/t8-,9-,10-,22?/m0/s1. The van der Waals surface area contributed by atoms with Crippen LogP contribution in [0.25, 0.3) is 0 Å². The van der Waals surface area contributed by atoms with Crippen LogP contribution in [0.15, 0.2) is 0 Å². The van der Waals surface area contributed by atoms with E-state index < -0.39 is 35.6 Å². The Kier molecular flexibility index (Phi) is 8.14. The summed E-state index contributed by atoms with van der Waals surface area (Å²) in [6, 6.07) is -2.10. The highest BCUT2D eigenvalue weighted by Crippen LogP contribution is 2.60. The van der Waals surface area contributed by atoms with Crippen molar-refractivity contribution in [2.45, 2.75) is 38.9 Å². The lowest BCUT2D eigenvalue weighted by molar-refractivity contribution is -0.146. The summed E-state index contributed by atoms with van der Waals surface area (Å²) in [7, 11) is 2.78. The molecule has 1 fully saturated rings. The molecule has 0 aromatic heterocycles. The number of hydrogen-bond donors (Lipinski definition) is 2. The Morgan fingerprint density at radius 3 is 2.42 bits per heavy atom. The molecule has 8 nitrogen and oxygen atoms in total. The fourth-order valence-corrected chi connectivity index (χ4v) is 7.08. The Bertz CT molecular complexity index is 538. The number of esters is 1. The quantitative estimate of drug-likeness (QED) is 0.473. The number of ether oxygens (including phenoxy) is 1. The lowest BCUT2D eigenvalue weighted by Gasteiger charge is -2.29. The molecule has 1 heterocycles. The Morgan fingerprint density at radius 2 is 1.92 bits per heavy atom. The Labute approximate surface area is 151 Å². The zero-order chi connectivity index (χ0) is 18.5. The molecule has 0 saturated carbocycles. The normalized spacial score (nSPS) is 23.9. The molecule has 0 spiro atoms. The van der Waals surface area contributed by atoms with E-state index in [0.29, 0.717) is 6.61 Å². The van der Waals surface area contributed by atoms with E-state index in [1.165, 1.54) is 37.4 Å². The number of rotatable bonds is 7. The van der Waals surface area contributed by atoms with E-state index in [1.54, 1.807) is 13.8 Å². The highest BCUT2D eigenvalue weighted by molar-refractivity contribution is 8.69. The van der Waals surface area contributed by atoms with Gasteiger partial charge in [-0.05, 0) is 32.6 Å². The van der Waals surface area contributed by atoms with E-state index in [-0.39, 0.29) is 5.91 Å². The van der Waals surface area contributed by atoms with Gasteiger partial charge in [-0.2, -0.15) is 0 Å². The number of likely N-dealkylation sites (N-methyl/N-ethyl adjacent to an activating group) is 1. The first-order chi connectivity index (χ1) is 11.1. The molecular weight excluding hydrogens is 373 g/mol. The van der Waals surface area contributed by atoms with Crippen molar-refractivity contribution >= 4 is 46.6 Å². The van der Waals surface area contributed by atoms with Crippen LogP contribution in [-0.2, 0) is 35.5 Å². The molecule has 2 amide bonds. The van der Waals surface area contributed by atoms with Crippen LogP contribution in [0.4, 0.5) is 0 Å². The fraction of sp³-hybridized carbons (Fsp3) is 0.769. The zero-order valence-electron chi connectivity index (χ0n) is 14.4. The van der Waals surface area contributed by atoms with Crippen LogP contribution in [-0.4, -0.2) is 67.3 Å². The van der Waals surface area contributed by atoms with Gasteiger partial charge in [0.25, 0.3) is 0 Å². The summed E-state index contributed by atoms with van der Waals surface area (Å²) in [6.07, 6.45) is 0. The SMILES string of the molecule is COC(=O)[C@H](C)NC(=O)[C@H](C)N(C)C(=O)[C@H](C)NP1(=S)OCCS1. The summed E-state index contributed by atoms with van der Waals surface area (Å²) in [6.45, 7) is 5.37. The smallest absolute Gasteiger partial charge is 0.328 e. The predicted octanol–water partition coefficient (Wildman–Crippen LogP) is 0.477. The average molecular weight is 397 g/mol. The van der Waals surface area contributed by atoms with Crippen molar-refractivity contribution in [1.82, 2.24) is 15.3 Å². The Hall–Kier alpha value is -0.670. The van der Waals surface area contributed by atoms with Crippen molar-refractivity contribution < 1.29 is 23.6 Å². The van der Waals surface area contributed by atoms with Crippen LogP contribution in [0.2, 0.25) is 0 Å². The molecule has 138 valence electrons. The second-order valence-electron chi connectivity index (χ2n) is 5.39. The molecule has 0 radical (unpaired) electrons. The van der Waals surface area contributed by atoms with Gasteiger partial charge < -0.3 is 19.5 Å². The Morgan fingerprint density at radius 1 is 1.29 bits per heavy atom. The minimum absolute atomic E-state index is 0.274. The van der Waals surface area contributed by atoms with Gasteiger partial charge in [-0.1, -0.05) is 11.4 Å². The lowest BCUT2D eigenvalue weighted by atomic mass is 10.2. The molecule has 1 aliphatic heterocycles. The molecule has 4 atom stereocenters. The molecule has 11 heteroatoms. The Balaban J connectivity index is 2.61. The van der Waals surface area contributed by atoms with Gasteiger partial charge >= 0.3 is 5.97 Å². The number of carbonyl (C=O) groups is 3. The maximum Gasteiger partial charge on any atom is 0.328 e. The second-order valence-corrected chi connectivity index (χ2v) is 12.1. The third-order valence-electron chi connectivity index (χ3n) is 3.55. The van der Waals surface area contributed by atoms with Crippen LogP contribution < -0.4 is 10.4 Å². The number of nitrogens with zero attached hydrogens (tertiary/aromatic N) is 1. The molecule has 0 bridgehead atoms. The molecular formula is C13H24N3O5PS2. The van der Waals surface area contributed by atoms with E-state index >= 15 is 0 Å². The monoisotopic (exact) mass is 397 g/mol. The molecule has 0 aromatic carbocycles. The van der Waals surface area contributed by atoms with Gasteiger partial charge in [0.05, 0.1) is 19.8 Å². The number of carbonyl (C=O) groups excluding carboxylic acids is 3. The minimum Gasteiger partial charge on any atom is -0.467 e. The summed E-state index contributed by atoms with van der Waals surface area (Å²) in [5.41, 5.74) is -2.22. The van der Waals surface area contributed by atoms with E-state index in [1.807, 2.05) is 0 Å². The van der Waals surface area contributed by atoms with Crippen LogP contribution in [0.3, 0.4) is 0 Å². The van der Waals surface area contributed by atoms with Crippen LogP contribution in [0.1, 0.15) is 20.8 Å². The first-order valence-electron chi connectivity index (χ1n) is 7.43. The van der Waals surface area contributed by atoms with Crippen molar-refractivity contribution in [3.63, 3.8) is 0 Å². The van der Waals surface area contributed by atoms with E-state index in [4.69, 9.17) is 16.3 Å². The fourth-order valence-electron chi connectivity index (χ4n) is 1.96. The van der Waals surface area contributed by atoms with Gasteiger partial charge in [-0.25, -0.2) is 9.88 Å². The first kappa shape index (κ1) is 21.4. The third kappa shape index (κ3) is 5.70. The molecule has 0 aromatic rings. The summed E-state index contributed by atoms with van der Waals surface area (Å²) in [5, 5.41) is 5.58. The highest BCUT2D eigenvalue weighted by Gasteiger charge is 2.32. The van der Waals surface area contributed by atoms with E-state index in [2.05, 4.69) is 15.1 Å². The van der Waals surface area contributed by atoms with Gasteiger partial charge in [-0.3, -0.25) is 9.59 Å². The summed E-state index contributed by atoms with van der Waals surface area (Å²) in [5.74, 6) is -0.451. The van der Waals surface area contributed by atoms with Crippen molar-refractivity contribution in [3.8, 4) is 0 Å². The predicted molar refractivity (Wildman–Crippen MR) is 97.1 cm³/mol. The maximum atomic E-state index is 12.5. The summed E-state index contributed by atoms with van der Waals surface area (Å²) < 4.78 is 10.1. The van der Waals surface area contributed by atoms with Gasteiger partial charge in [0.2, 0.25) is 11.8 Å². The van der Waals surface area contributed by atoms with Crippen molar-refractivity contribution in [3.05, 3.63) is 0 Å². The van der Waals surface area contributed by atoms with Gasteiger partial charge in [0.15, 0.2) is 5.62 Å².